The molecule has 4 heteroatoms. The topological polar surface area (TPSA) is 41.1 Å². The molecule has 0 spiro atoms. The number of amides is 1. The molecule has 0 saturated carbocycles. The number of aryl methyl sites for hydroxylation is 1. The van der Waals surface area contributed by atoms with Gasteiger partial charge < -0.3 is 10.6 Å². The van der Waals surface area contributed by atoms with Gasteiger partial charge in [0, 0.05) is 13.6 Å². The quantitative estimate of drug-likeness (QED) is 0.865. The normalized spacial score (nSPS) is 11.5. The molecule has 1 aromatic carbocycles. The molecule has 0 unspecified atom stereocenters. The van der Waals surface area contributed by atoms with E-state index in [0.717, 1.165) is 6.54 Å². The molecule has 0 bridgehead atoms. The van der Waals surface area contributed by atoms with Gasteiger partial charge >= 0.3 is 0 Å². The van der Waals surface area contributed by atoms with Gasteiger partial charge in [-0.15, -0.1) is 12.4 Å². The van der Waals surface area contributed by atoms with Gasteiger partial charge in [0.1, 0.15) is 0 Å². The molecule has 2 N–H and O–H groups in total. The Morgan fingerprint density at radius 3 is 2.59 bits per heavy atom. The van der Waals surface area contributed by atoms with Gasteiger partial charge in [-0.25, -0.2) is 0 Å². The minimum atomic E-state index is -0.162. The van der Waals surface area contributed by atoms with E-state index < -0.39 is 0 Å². The summed E-state index contributed by atoms with van der Waals surface area (Å²) >= 11 is 0. The molecule has 1 aromatic rings. The van der Waals surface area contributed by atoms with Crippen molar-refractivity contribution in [2.45, 2.75) is 33.4 Å². The number of hydrogen-bond donors (Lipinski definition) is 2. The highest BCUT2D eigenvalue weighted by molar-refractivity contribution is 5.85. The molecular formula is C13H21ClN2O. The first-order valence-electron chi connectivity index (χ1n) is 5.56. The summed E-state index contributed by atoms with van der Waals surface area (Å²) in [6.07, 6.45) is 0. The molecule has 0 heterocycles. The average molecular weight is 257 g/mol. The average Bonchev–Trinajstić information content (AvgIpc) is 2.29. The molecule has 17 heavy (non-hydrogen) atoms. The monoisotopic (exact) mass is 256 g/mol. The lowest BCUT2D eigenvalue weighted by Crippen LogP contribution is -2.40. The minimum absolute atomic E-state index is 0. The third kappa shape index (κ3) is 4.36. The number of benzene rings is 1. The fourth-order valence-electron chi connectivity index (χ4n) is 1.58. The first-order valence-corrected chi connectivity index (χ1v) is 5.56. The fourth-order valence-corrected chi connectivity index (χ4v) is 1.58. The molecule has 0 radical (unpaired) electrons. The van der Waals surface area contributed by atoms with E-state index in [9.17, 15) is 4.79 Å². The van der Waals surface area contributed by atoms with Crippen LogP contribution in [-0.4, -0.2) is 19.0 Å². The van der Waals surface area contributed by atoms with Crippen molar-refractivity contribution in [3.05, 3.63) is 34.9 Å². The van der Waals surface area contributed by atoms with Gasteiger partial charge in [-0.3, -0.25) is 4.79 Å². The van der Waals surface area contributed by atoms with Crippen molar-refractivity contribution in [3.63, 3.8) is 0 Å². The molecule has 3 nitrogen and oxygen atoms in total. The minimum Gasteiger partial charge on any atom is -0.358 e. The number of rotatable bonds is 4. The number of likely N-dealkylation sites (N-methyl/N-ethyl adjacent to an activating group) is 1. The van der Waals surface area contributed by atoms with Crippen LogP contribution < -0.4 is 10.6 Å². The summed E-state index contributed by atoms with van der Waals surface area (Å²) in [4.78, 5) is 11.3. The van der Waals surface area contributed by atoms with Crippen molar-refractivity contribution in [1.29, 1.82) is 0 Å². The molecule has 1 atom stereocenters. The lowest BCUT2D eigenvalue weighted by molar-refractivity contribution is -0.122. The van der Waals surface area contributed by atoms with E-state index in [1.54, 1.807) is 7.05 Å². The molecule has 0 aromatic heterocycles. The first-order chi connectivity index (χ1) is 7.56. The van der Waals surface area contributed by atoms with E-state index in [2.05, 4.69) is 36.6 Å². The SMILES string of the molecule is CNC(=O)[C@@H](C)NCc1cccc(C)c1C.Cl. The molecule has 0 aliphatic rings. The zero-order chi connectivity index (χ0) is 12.1. The largest absolute Gasteiger partial charge is 0.358 e. The van der Waals surface area contributed by atoms with E-state index in [1.165, 1.54) is 16.7 Å². The summed E-state index contributed by atoms with van der Waals surface area (Å²) in [5.41, 5.74) is 3.82. The number of hydrogen-bond acceptors (Lipinski definition) is 2. The Labute approximate surface area is 109 Å². The Kier molecular flexibility index (Phi) is 6.85. The molecular weight excluding hydrogens is 236 g/mol. The van der Waals surface area contributed by atoms with Crippen molar-refractivity contribution < 1.29 is 4.79 Å². The first kappa shape index (κ1) is 15.9. The van der Waals surface area contributed by atoms with E-state index in [1.807, 2.05) is 13.0 Å². The molecule has 1 amide bonds. The highest BCUT2D eigenvalue weighted by Gasteiger charge is 2.10. The van der Waals surface area contributed by atoms with Gasteiger partial charge in [-0.2, -0.15) is 0 Å². The standard InChI is InChI=1S/C13H20N2O.ClH/c1-9-6-5-7-12(10(9)2)8-15-11(3)13(16)14-4;/h5-7,11,15H,8H2,1-4H3,(H,14,16);1H/t11-;/m1./s1. The van der Waals surface area contributed by atoms with Gasteiger partial charge in [-0.1, -0.05) is 18.2 Å². The van der Waals surface area contributed by atoms with E-state index in [0.29, 0.717) is 0 Å². The predicted octanol–water partition coefficient (Wildman–Crippen LogP) is 1.95. The second kappa shape index (κ2) is 7.30. The zero-order valence-electron chi connectivity index (χ0n) is 10.8. The number of carbonyl (C=O) groups is 1. The third-order valence-corrected chi connectivity index (χ3v) is 2.96. The fraction of sp³-hybridized carbons (Fsp3) is 0.462. The Morgan fingerprint density at radius 1 is 1.35 bits per heavy atom. The maximum absolute atomic E-state index is 11.3. The van der Waals surface area contributed by atoms with E-state index in [-0.39, 0.29) is 24.4 Å². The number of halogens is 1. The van der Waals surface area contributed by atoms with Gasteiger partial charge in [0.15, 0.2) is 0 Å². The third-order valence-electron chi connectivity index (χ3n) is 2.96. The lowest BCUT2D eigenvalue weighted by atomic mass is 10.0. The van der Waals surface area contributed by atoms with Gasteiger partial charge in [-0.05, 0) is 37.5 Å². The summed E-state index contributed by atoms with van der Waals surface area (Å²) in [5.74, 6) is 0.0188. The lowest BCUT2D eigenvalue weighted by Gasteiger charge is -2.14. The van der Waals surface area contributed by atoms with Crippen LogP contribution in [0.4, 0.5) is 0 Å². The highest BCUT2D eigenvalue weighted by Crippen LogP contribution is 2.12. The van der Waals surface area contributed by atoms with Crippen molar-refractivity contribution in [2.75, 3.05) is 7.05 Å². The molecule has 0 fully saturated rings. The Bertz CT molecular complexity index is 380. The van der Waals surface area contributed by atoms with Crippen LogP contribution in [0.25, 0.3) is 0 Å². The second-order valence-corrected chi connectivity index (χ2v) is 4.08. The predicted molar refractivity (Wildman–Crippen MR) is 73.5 cm³/mol. The summed E-state index contributed by atoms with van der Waals surface area (Å²) < 4.78 is 0. The van der Waals surface area contributed by atoms with Crippen molar-refractivity contribution in [3.8, 4) is 0 Å². The van der Waals surface area contributed by atoms with Crippen LogP contribution in [0.5, 0.6) is 0 Å². The Balaban J connectivity index is 0.00000256. The van der Waals surface area contributed by atoms with Crippen LogP contribution in [0.1, 0.15) is 23.6 Å². The summed E-state index contributed by atoms with van der Waals surface area (Å²) in [7, 11) is 1.65. The smallest absolute Gasteiger partial charge is 0.236 e. The zero-order valence-corrected chi connectivity index (χ0v) is 11.6. The summed E-state index contributed by atoms with van der Waals surface area (Å²) in [6, 6.07) is 6.07. The summed E-state index contributed by atoms with van der Waals surface area (Å²) in [5, 5.41) is 5.83. The van der Waals surface area contributed by atoms with E-state index >= 15 is 0 Å². The van der Waals surface area contributed by atoms with Gasteiger partial charge in [0.25, 0.3) is 0 Å². The van der Waals surface area contributed by atoms with Crippen molar-refractivity contribution in [2.24, 2.45) is 0 Å². The Hall–Kier alpha value is -1.06. The number of carbonyl (C=O) groups excluding carboxylic acids is 1. The van der Waals surface area contributed by atoms with Gasteiger partial charge in [0.2, 0.25) is 5.91 Å². The van der Waals surface area contributed by atoms with E-state index in [4.69, 9.17) is 0 Å². The molecule has 0 aliphatic carbocycles. The van der Waals surface area contributed by atoms with Crippen molar-refractivity contribution >= 4 is 18.3 Å². The van der Waals surface area contributed by atoms with Gasteiger partial charge in [0.05, 0.1) is 6.04 Å². The van der Waals surface area contributed by atoms with Crippen LogP contribution in [0.2, 0.25) is 0 Å². The maximum Gasteiger partial charge on any atom is 0.236 e. The molecule has 96 valence electrons. The highest BCUT2D eigenvalue weighted by atomic mass is 35.5. The number of nitrogens with one attached hydrogen (secondary N) is 2. The Morgan fingerprint density at radius 2 is 2.00 bits per heavy atom. The molecule has 0 aliphatic heterocycles. The second-order valence-electron chi connectivity index (χ2n) is 4.08. The molecule has 0 saturated heterocycles. The van der Waals surface area contributed by atoms with Crippen LogP contribution >= 0.6 is 12.4 Å². The van der Waals surface area contributed by atoms with Crippen LogP contribution in [-0.2, 0) is 11.3 Å². The summed E-state index contributed by atoms with van der Waals surface area (Å²) in [6.45, 7) is 6.80. The van der Waals surface area contributed by atoms with Crippen molar-refractivity contribution in [1.82, 2.24) is 10.6 Å². The maximum atomic E-state index is 11.3. The van der Waals surface area contributed by atoms with Crippen LogP contribution in [0.3, 0.4) is 0 Å². The van der Waals surface area contributed by atoms with Crippen LogP contribution in [0, 0.1) is 13.8 Å². The molecule has 1 rings (SSSR count). The van der Waals surface area contributed by atoms with Crippen LogP contribution in [0.15, 0.2) is 18.2 Å².